The zero-order valence-corrected chi connectivity index (χ0v) is 21.0. The van der Waals surface area contributed by atoms with E-state index in [1.54, 1.807) is 36.5 Å². The molecule has 1 aromatic heterocycles. The molecule has 38 heavy (non-hydrogen) atoms. The number of nitrogens with zero attached hydrogens (tertiary/aromatic N) is 3. The van der Waals surface area contributed by atoms with Gasteiger partial charge in [-0.1, -0.05) is 18.2 Å². The monoisotopic (exact) mass is 508 g/mol. The Hall–Kier alpha value is -4.71. The topological polar surface area (TPSA) is 127 Å². The highest BCUT2D eigenvalue weighted by Crippen LogP contribution is 2.29. The van der Waals surface area contributed by atoms with Crippen molar-refractivity contribution in [3.8, 4) is 6.07 Å². The fraction of sp³-hybridized carbons (Fsp3) is 0.276. The summed E-state index contributed by atoms with van der Waals surface area (Å²) in [5.41, 5.74) is 5.00. The lowest BCUT2D eigenvalue weighted by molar-refractivity contribution is -0.118. The van der Waals surface area contributed by atoms with E-state index >= 15 is 0 Å². The van der Waals surface area contributed by atoms with Gasteiger partial charge in [0.2, 0.25) is 5.91 Å². The second kappa shape index (κ2) is 10.7. The Bertz CT molecular complexity index is 1420. The molecule has 2 aliphatic heterocycles. The molecule has 2 aliphatic rings. The van der Waals surface area contributed by atoms with E-state index in [-0.39, 0.29) is 11.8 Å². The molecule has 192 valence electrons. The number of aromatic nitrogens is 1. The number of benzene rings is 2. The minimum absolute atomic E-state index is 0.0823. The number of carbonyl (C=O) groups excluding carboxylic acids is 3. The molecule has 0 aliphatic carbocycles. The maximum atomic E-state index is 13.3. The molecule has 9 heteroatoms. The summed E-state index contributed by atoms with van der Waals surface area (Å²) in [7, 11) is 0. The first kappa shape index (κ1) is 25.0. The van der Waals surface area contributed by atoms with Gasteiger partial charge in [-0.3, -0.25) is 14.6 Å². The quantitative estimate of drug-likeness (QED) is 0.492. The minimum atomic E-state index is -0.750. The Morgan fingerprint density at radius 3 is 2.61 bits per heavy atom. The zero-order valence-electron chi connectivity index (χ0n) is 21.0. The number of rotatable bonds is 4. The number of hydrogen-bond donors (Lipinski definition) is 3. The van der Waals surface area contributed by atoms with Crippen molar-refractivity contribution in [3.63, 3.8) is 0 Å². The van der Waals surface area contributed by atoms with Gasteiger partial charge in [0.25, 0.3) is 5.91 Å². The highest BCUT2D eigenvalue weighted by molar-refractivity contribution is 6.02. The fourth-order valence-electron chi connectivity index (χ4n) is 4.97. The van der Waals surface area contributed by atoms with Crippen LogP contribution in [-0.2, 0) is 11.2 Å². The molecule has 0 bridgehead atoms. The standard InChI is InChI=1S/C29H28N6O3/c1-18-4-7-22(28(37)35-13-10-21(11-14-35)20-8-5-19(17-30)6-9-20)15-24(18)33-29(38)34-26-16-25-23(32-27(26)36)3-2-12-31-25/h2-9,12,15,21,26H,10-11,13-14,16H2,1H3,(H,32,36)(H2,33,34,38). The number of anilines is 2. The molecular formula is C29H28N6O3. The van der Waals surface area contributed by atoms with Crippen LogP contribution < -0.4 is 16.0 Å². The predicted molar refractivity (Wildman–Crippen MR) is 143 cm³/mol. The van der Waals surface area contributed by atoms with Gasteiger partial charge in [-0.25, -0.2) is 4.79 Å². The molecule has 1 atom stereocenters. The van der Waals surface area contributed by atoms with Crippen molar-refractivity contribution >= 4 is 29.2 Å². The van der Waals surface area contributed by atoms with Gasteiger partial charge in [-0.2, -0.15) is 5.26 Å². The molecule has 1 fully saturated rings. The Morgan fingerprint density at radius 1 is 1.11 bits per heavy atom. The van der Waals surface area contributed by atoms with E-state index in [9.17, 15) is 14.4 Å². The van der Waals surface area contributed by atoms with Crippen molar-refractivity contribution in [1.82, 2.24) is 15.2 Å². The van der Waals surface area contributed by atoms with Crippen LogP contribution in [0.25, 0.3) is 0 Å². The third-order valence-corrected chi connectivity index (χ3v) is 7.19. The third kappa shape index (κ3) is 5.34. The van der Waals surface area contributed by atoms with Gasteiger partial charge in [0.15, 0.2) is 0 Å². The van der Waals surface area contributed by atoms with Crippen LogP contribution in [0.5, 0.6) is 0 Å². The number of nitriles is 1. The van der Waals surface area contributed by atoms with Crippen molar-refractivity contribution in [2.45, 2.75) is 38.1 Å². The van der Waals surface area contributed by atoms with Crippen molar-refractivity contribution < 1.29 is 14.4 Å². The Balaban J connectivity index is 1.20. The number of pyridine rings is 1. The van der Waals surface area contributed by atoms with Gasteiger partial charge >= 0.3 is 6.03 Å². The lowest BCUT2D eigenvalue weighted by Crippen LogP contribution is -2.49. The first-order valence-electron chi connectivity index (χ1n) is 12.6. The van der Waals surface area contributed by atoms with Crippen molar-refractivity contribution in [2.75, 3.05) is 23.7 Å². The van der Waals surface area contributed by atoms with Crippen molar-refractivity contribution in [1.29, 1.82) is 5.26 Å². The average molecular weight is 509 g/mol. The summed E-state index contributed by atoms with van der Waals surface area (Å²) in [6.45, 7) is 3.11. The first-order valence-corrected chi connectivity index (χ1v) is 12.6. The lowest BCUT2D eigenvalue weighted by atomic mass is 9.89. The molecular weight excluding hydrogens is 480 g/mol. The second-order valence-electron chi connectivity index (χ2n) is 9.67. The van der Waals surface area contributed by atoms with E-state index in [0.717, 1.165) is 18.4 Å². The van der Waals surface area contributed by atoms with E-state index in [0.29, 0.717) is 53.6 Å². The van der Waals surface area contributed by atoms with E-state index in [1.165, 1.54) is 5.56 Å². The van der Waals surface area contributed by atoms with Gasteiger partial charge in [0.05, 0.1) is 23.0 Å². The molecule has 3 N–H and O–H groups in total. The maximum absolute atomic E-state index is 13.3. The summed E-state index contributed by atoms with van der Waals surface area (Å²) in [6, 6.07) is 17.3. The summed E-state index contributed by atoms with van der Waals surface area (Å²) in [4.78, 5) is 44.5. The van der Waals surface area contributed by atoms with Crippen LogP contribution in [0.15, 0.2) is 60.8 Å². The van der Waals surface area contributed by atoms with Crippen molar-refractivity contribution in [2.24, 2.45) is 0 Å². The summed E-state index contributed by atoms with van der Waals surface area (Å²) in [5, 5.41) is 17.3. The molecule has 1 unspecified atom stereocenters. The molecule has 4 amide bonds. The van der Waals surface area contributed by atoms with Crippen LogP contribution in [0.1, 0.15) is 51.5 Å². The number of carbonyl (C=O) groups is 3. The summed E-state index contributed by atoms with van der Waals surface area (Å²) in [5.74, 6) is -0.0309. The van der Waals surface area contributed by atoms with Crippen LogP contribution >= 0.6 is 0 Å². The highest BCUT2D eigenvalue weighted by Gasteiger charge is 2.29. The molecule has 2 aromatic carbocycles. The summed E-state index contributed by atoms with van der Waals surface area (Å²) >= 11 is 0. The molecule has 3 heterocycles. The smallest absolute Gasteiger partial charge is 0.319 e. The zero-order chi connectivity index (χ0) is 26.6. The van der Waals surface area contributed by atoms with Gasteiger partial charge in [-0.15, -0.1) is 0 Å². The average Bonchev–Trinajstić information content (AvgIpc) is 2.94. The van der Waals surface area contributed by atoms with Crippen molar-refractivity contribution in [3.05, 3.63) is 88.7 Å². The van der Waals surface area contributed by atoms with Gasteiger partial charge < -0.3 is 20.9 Å². The van der Waals surface area contributed by atoms with Gasteiger partial charge in [0, 0.05) is 37.0 Å². The third-order valence-electron chi connectivity index (χ3n) is 7.19. The normalized spacial score (nSPS) is 17.1. The number of aryl methyl sites for hydroxylation is 1. The van der Waals surface area contributed by atoms with Gasteiger partial charge in [0.1, 0.15) is 6.04 Å². The summed E-state index contributed by atoms with van der Waals surface area (Å²) < 4.78 is 0. The minimum Gasteiger partial charge on any atom is -0.339 e. The maximum Gasteiger partial charge on any atom is 0.319 e. The first-order chi connectivity index (χ1) is 18.4. The van der Waals surface area contributed by atoms with Crippen LogP contribution in [0.4, 0.5) is 16.2 Å². The summed E-state index contributed by atoms with van der Waals surface area (Å²) in [6.07, 6.45) is 3.64. The van der Waals surface area contributed by atoms with Crippen LogP contribution in [0.2, 0.25) is 0 Å². The Morgan fingerprint density at radius 2 is 1.87 bits per heavy atom. The second-order valence-corrected chi connectivity index (χ2v) is 9.67. The molecule has 0 spiro atoms. The molecule has 3 aromatic rings. The number of hydrogen-bond acceptors (Lipinski definition) is 5. The highest BCUT2D eigenvalue weighted by atomic mass is 16.2. The fourth-order valence-corrected chi connectivity index (χ4v) is 4.97. The van der Waals surface area contributed by atoms with Crippen LogP contribution in [0.3, 0.4) is 0 Å². The van der Waals surface area contributed by atoms with Gasteiger partial charge in [-0.05, 0) is 73.2 Å². The lowest BCUT2D eigenvalue weighted by Gasteiger charge is -2.32. The number of likely N-dealkylation sites (tertiary alicyclic amines) is 1. The number of nitrogens with one attached hydrogen (secondary N) is 3. The van der Waals surface area contributed by atoms with Crippen LogP contribution in [0, 0.1) is 18.3 Å². The number of fused-ring (bicyclic) bond motifs is 1. The van der Waals surface area contributed by atoms with Crippen LogP contribution in [-0.4, -0.2) is 46.9 Å². The largest absolute Gasteiger partial charge is 0.339 e. The van der Waals surface area contributed by atoms with E-state index in [2.05, 4.69) is 27.0 Å². The number of piperidine rings is 1. The molecule has 0 saturated carbocycles. The predicted octanol–water partition coefficient (Wildman–Crippen LogP) is 3.97. The SMILES string of the molecule is Cc1ccc(C(=O)N2CCC(c3ccc(C#N)cc3)CC2)cc1NC(=O)NC1Cc2ncccc2NC1=O. The van der Waals surface area contributed by atoms with E-state index < -0.39 is 12.1 Å². The van der Waals surface area contributed by atoms with E-state index in [4.69, 9.17) is 5.26 Å². The molecule has 1 saturated heterocycles. The molecule has 5 rings (SSSR count). The molecule has 9 nitrogen and oxygen atoms in total. The Labute approximate surface area is 220 Å². The molecule has 0 radical (unpaired) electrons. The van der Waals surface area contributed by atoms with E-state index in [1.807, 2.05) is 36.1 Å². The number of urea groups is 1. The number of amides is 4. The Kier molecular flexibility index (Phi) is 7.05.